The van der Waals surface area contributed by atoms with E-state index >= 15 is 0 Å². The van der Waals surface area contributed by atoms with Crippen molar-refractivity contribution >= 4 is 0 Å². The number of hydrogen-bond donors (Lipinski definition) is 3. The first-order valence-electron chi connectivity index (χ1n) is 12.7. The number of hydrogen-bond acceptors (Lipinski definition) is 5. The van der Waals surface area contributed by atoms with Crippen molar-refractivity contribution in [2.75, 3.05) is 26.4 Å². The highest BCUT2D eigenvalue weighted by Crippen LogP contribution is 2.23. The van der Waals surface area contributed by atoms with E-state index in [-0.39, 0.29) is 0 Å². The van der Waals surface area contributed by atoms with Gasteiger partial charge in [0, 0.05) is 51.0 Å². The molecule has 0 spiro atoms. The molecule has 2 saturated heterocycles. The molecule has 0 bridgehead atoms. The summed E-state index contributed by atoms with van der Waals surface area (Å²) >= 11 is 0. The summed E-state index contributed by atoms with van der Waals surface area (Å²) < 4.78 is 10.1. The molecule has 2 saturated carbocycles. The smallest absolute Gasteiger partial charge is 0.129 e. The predicted octanol–water partition coefficient (Wildman–Crippen LogP) is 4.27. The maximum Gasteiger partial charge on any atom is 0.129 e. The van der Waals surface area contributed by atoms with Gasteiger partial charge >= 0.3 is 0 Å². The zero-order valence-corrected chi connectivity index (χ0v) is 20.0. The zero-order chi connectivity index (χ0) is 23.1. The van der Waals surface area contributed by atoms with Crippen molar-refractivity contribution in [3.63, 3.8) is 0 Å². The van der Waals surface area contributed by atoms with E-state index < -0.39 is 11.2 Å². The van der Waals surface area contributed by atoms with Gasteiger partial charge in [-0.1, -0.05) is 51.0 Å². The maximum atomic E-state index is 9.63. The third kappa shape index (κ3) is 10.7. The highest BCUT2D eigenvalue weighted by molar-refractivity contribution is 5.07. The molecule has 4 fully saturated rings. The first-order valence-corrected chi connectivity index (χ1v) is 12.7. The fourth-order valence-electron chi connectivity index (χ4n) is 4.78. The Morgan fingerprint density at radius 1 is 0.781 bits per heavy atom. The largest absolute Gasteiger partial charge is 0.385 e. The van der Waals surface area contributed by atoms with E-state index in [0.717, 1.165) is 12.1 Å². The Labute approximate surface area is 195 Å². The van der Waals surface area contributed by atoms with Crippen LogP contribution in [0.2, 0.25) is 0 Å². The summed E-state index contributed by atoms with van der Waals surface area (Å²) in [5.41, 5.74) is 1.03. The van der Waals surface area contributed by atoms with Crippen molar-refractivity contribution in [2.24, 2.45) is 0 Å². The van der Waals surface area contributed by atoms with Gasteiger partial charge in [0.2, 0.25) is 0 Å². The van der Waals surface area contributed by atoms with Crippen LogP contribution >= 0.6 is 0 Å². The van der Waals surface area contributed by atoms with Gasteiger partial charge in [0.05, 0.1) is 18.8 Å². The number of terminal acetylenes is 1. The lowest BCUT2D eigenvalue weighted by Gasteiger charge is -2.30. The third-order valence-electron chi connectivity index (χ3n) is 7.00. The highest BCUT2D eigenvalue weighted by atomic mass is 16.5. The van der Waals surface area contributed by atoms with Crippen LogP contribution < -0.4 is 5.32 Å². The fourth-order valence-corrected chi connectivity index (χ4v) is 4.78. The maximum absolute atomic E-state index is 9.63. The average Bonchev–Trinajstić information content (AvgIpc) is 2.82. The first kappa shape index (κ1) is 27.1. The van der Waals surface area contributed by atoms with E-state index in [0.29, 0.717) is 52.1 Å². The van der Waals surface area contributed by atoms with Gasteiger partial charge in [-0.2, -0.15) is 0 Å². The van der Waals surface area contributed by atoms with Crippen molar-refractivity contribution in [2.45, 2.75) is 113 Å². The van der Waals surface area contributed by atoms with E-state index in [2.05, 4.69) is 23.5 Å². The van der Waals surface area contributed by atoms with Gasteiger partial charge in [0.25, 0.3) is 0 Å². The molecule has 4 rings (SSSR count). The molecular formula is C27H45NO4. The summed E-state index contributed by atoms with van der Waals surface area (Å²) in [6, 6.07) is 1.74. The second-order valence-electron chi connectivity index (χ2n) is 9.69. The van der Waals surface area contributed by atoms with E-state index in [9.17, 15) is 10.2 Å². The number of ether oxygens (including phenoxy) is 2. The SMILES string of the molecule is C#CC1(O)CCOCC1.C1CCC(NC2CCCCC2)CC1.C=C=CC1(O)CCOCC1. The molecule has 2 aliphatic carbocycles. The number of rotatable bonds is 3. The fraction of sp³-hybridized carbons (Fsp3) is 0.815. The number of nitrogens with one attached hydrogen (secondary N) is 1. The Bertz CT molecular complexity index is 567. The van der Waals surface area contributed by atoms with Crippen molar-refractivity contribution in [3.05, 3.63) is 18.4 Å². The summed E-state index contributed by atoms with van der Waals surface area (Å²) in [5, 5.41) is 22.9. The molecule has 0 atom stereocenters. The molecule has 2 heterocycles. The van der Waals surface area contributed by atoms with Crippen LogP contribution in [0.5, 0.6) is 0 Å². The Kier molecular flexibility index (Phi) is 12.6. The van der Waals surface area contributed by atoms with Gasteiger partial charge < -0.3 is 25.0 Å². The minimum atomic E-state index is -0.877. The van der Waals surface area contributed by atoms with Gasteiger partial charge in [-0.3, -0.25) is 0 Å². The molecule has 0 amide bonds. The van der Waals surface area contributed by atoms with Crippen LogP contribution in [0.3, 0.4) is 0 Å². The number of aliphatic hydroxyl groups is 2. The monoisotopic (exact) mass is 447 g/mol. The van der Waals surface area contributed by atoms with Crippen LogP contribution in [0, 0.1) is 12.3 Å². The van der Waals surface area contributed by atoms with Crippen LogP contribution in [-0.2, 0) is 9.47 Å². The molecule has 0 aromatic heterocycles. The van der Waals surface area contributed by atoms with Gasteiger partial charge in [0.1, 0.15) is 5.60 Å². The lowest BCUT2D eigenvalue weighted by atomic mass is 9.91. The van der Waals surface area contributed by atoms with Crippen LogP contribution in [0.1, 0.15) is 89.9 Å². The summed E-state index contributed by atoms with van der Waals surface area (Å²) in [7, 11) is 0. The highest BCUT2D eigenvalue weighted by Gasteiger charge is 2.27. The van der Waals surface area contributed by atoms with Gasteiger partial charge in [-0.15, -0.1) is 12.2 Å². The molecule has 0 unspecified atom stereocenters. The molecular weight excluding hydrogens is 402 g/mol. The first-order chi connectivity index (χ1) is 15.5. The molecule has 0 aromatic carbocycles. The van der Waals surface area contributed by atoms with Crippen molar-refractivity contribution in [3.8, 4) is 12.3 Å². The van der Waals surface area contributed by atoms with Crippen LogP contribution in [0.25, 0.3) is 0 Å². The lowest BCUT2D eigenvalue weighted by molar-refractivity contribution is -0.0321. The van der Waals surface area contributed by atoms with Crippen LogP contribution in [0.4, 0.5) is 0 Å². The molecule has 0 aromatic rings. The Morgan fingerprint density at radius 2 is 1.22 bits per heavy atom. The minimum absolute atomic E-state index is 0.573. The second-order valence-corrected chi connectivity index (χ2v) is 9.69. The predicted molar refractivity (Wildman–Crippen MR) is 129 cm³/mol. The Hall–Kier alpha value is -1.12. The summed E-state index contributed by atoms with van der Waals surface area (Å²) in [6.07, 6.45) is 23.7. The molecule has 5 heteroatoms. The summed E-state index contributed by atoms with van der Waals surface area (Å²) in [4.78, 5) is 0. The van der Waals surface area contributed by atoms with E-state index in [1.54, 1.807) is 6.08 Å². The van der Waals surface area contributed by atoms with Crippen LogP contribution in [-0.4, -0.2) is 59.9 Å². The lowest BCUT2D eigenvalue weighted by Crippen LogP contribution is -2.40. The average molecular weight is 448 g/mol. The normalized spacial score (nSPS) is 25.5. The third-order valence-corrected chi connectivity index (χ3v) is 7.00. The van der Waals surface area contributed by atoms with Crippen molar-refractivity contribution < 1.29 is 19.7 Å². The standard InChI is InChI=1S/C12H23N.C8H12O2.C7H10O2/c1-3-7-11(8-4-1)13-12-9-5-2-6-10-12;1-2-3-8(9)4-6-10-7-5-8;1-2-7(8)3-5-9-6-4-7/h11-13H,1-10H2;3,9H,1,4-7H2;1,8H,3-6H2. The molecule has 182 valence electrons. The zero-order valence-electron chi connectivity index (χ0n) is 20.0. The van der Waals surface area contributed by atoms with Gasteiger partial charge in [0.15, 0.2) is 0 Å². The summed E-state index contributed by atoms with van der Waals surface area (Å²) in [5.74, 6) is 2.36. The molecule has 2 aliphatic heterocycles. The molecule has 0 radical (unpaired) electrons. The van der Waals surface area contributed by atoms with Gasteiger partial charge in [-0.05, 0) is 31.8 Å². The minimum Gasteiger partial charge on any atom is -0.385 e. The topological polar surface area (TPSA) is 71.0 Å². The quantitative estimate of drug-likeness (QED) is 0.445. The van der Waals surface area contributed by atoms with E-state index in [4.69, 9.17) is 15.9 Å². The van der Waals surface area contributed by atoms with Crippen molar-refractivity contribution in [1.82, 2.24) is 5.32 Å². The molecule has 4 aliphatic rings. The molecule has 32 heavy (non-hydrogen) atoms. The van der Waals surface area contributed by atoms with Crippen LogP contribution in [0.15, 0.2) is 18.4 Å². The Morgan fingerprint density at radius 3 is 1.59 bits per heavy atom. The Balaban J connectivity index is 0.000000174. The van der Waals surface area contributed by atoms with Crippen molar-refractivity contribution in [1.29, 1.82) is 0 Å². The molecule has 5 nitrogen and oxygen atoms in total. The van der Waals surface area contributed by atoms with E-state index in [1.165, 1.54) is 64.2 Å². The second kappa shape index (κ2) is 14.9. The molecule has 3 N–H and O–H groups in total. The van der Waals surface area contributed by atoms with Gasteiger partial charge in [-0.25, -0.2) is 0 Å². The summed E-state index contributed by atoms with van der Waals surface area (Å²) in [6.45, 7) is 5.85. The van der Waals surface area contributed by atoms with E-state index in [1.807, 2.05) is 0 Å².